The maximum Gasteiger partial charge on any atom is 0.416 e. The van der Waals surface area contributed by atoms with Crippen molar-refractivity contribution in [3.8, 4) is 0 Å². The minimum Gasteiger partial charge on any atom is -0.398 e. The summed E-state index contributed by atoms with van der Waals surface area (Å²) in [6.45, 7) is 10.2. The van der Waals surface area contributed by atoms with Crippen LogP contribution in [0, 0.1) is 5.92 Å². The zero-order valence-electron chi connectivity index (χ0n) is 18.0. The minimum atomic E-state index is -4.42. The Balaban J connectivity index is 1.43. The van der Waals surface area contributed by atoms with E-state index in [1.54, 1.807) is 0 Å². The molecule has 3 N–H and O–H groups in total. The van der Waals surface area contributed by atoms with Gasteiger partial charge in [-0.15, -0.1) is 0 Å². The molecule has 1 aromatic carbocycles. The van der Waals surface area contributed by atoms with Gasteiger partial charge in [0.15, 0.2) is 5.82 Å². The number of hydrogen-bond donors (Lipinski definition) is 2. The van der Waals surface area contributed by atoms with Crippen molar-refractivity contribution in [2.75, 3.05) is 30.7 Å². The number of piperidine rings is 1. The van der Waals surface area contributed by atoms with Gasteiger partial charge in [-0.1, -0.05) is 12.6 Å². The number of rotatable bonds is 7. The van der Waals surface area contributed by atoms with Crippen LogP contribution in [0.3, 0.4) is 0 Å². The third-order valence-electron chi connectivity index (χ3n) is 6.37. The Bertz CT molecular complexity index is 1010. The molecule has 5 nitrogen and oxygen atoms in total. The van der Waals surface area contributed by atoms with Crippen LogP contribution in [-0.4, -0.2) is 36.2 Å². The summed E-state index contributed by atoms with van der Waals surface area (Å²) in [5.74, 6) is 1.81. The minimum absolute atomic E-state index is 0.0885. The Hall–Kier alpha value is -3.03. The average Bonchev–Trinajstić information content (AvgIpc) is 3.61. The summed E-state index contributed by atoms with van der Waals surface area (Å²) in [4.78, 5) is 10.8. The maximum absolute atomic E-state index is 12.9. The fourth-order valence-electron chi connectivity index (χ4n) is 4.29. The lowest BCUT2D eigenvalue weighted by Gasteiger charge is -2.35. The largest absolute Gasteiger partial charge is 0.416 e. The molecule has 0 amide bonds. The van der Waals surface area contributed by atoms with Gasteiger partial charge in [0.25, 0.3) is 0 Å². The third kappa shape index (κ3) is 4.74. The predicted octanol–water partition coefficient (Wildman–Crippen LogP) is 5.69. The highest BCUT2D eigenvalue weighted by atomic mass is 19.4. The molecule has 1 saturated heterocycles. The van der Waals surface area contributed by atoms with Gasteiger partial charge in [0.2, 0.25) is 0 Å². The predicted molar refractivity (Wildman–Crippen MR) is 123 cm³/mol. The molecule has 2 fully saturated rings. The normalized spacial score (nSPS) is 17.3. The van der Waals surface area contributed by atoms with Crippen LogP contribution in [-0.2, 0) is 6.18 Å². The Kier molecular flexibility index (Phi) is 6.13. The molecule has 1 aliphatic heterocycles. The van der Waals surface area contributed by atoms with E-state index in [1.807, 2.05) is 12.3 Å². The van der Waals surface area contributed by atoms with Crippen molar-refractivity contribution in [1.82, 2.24) is 9.88 Å². The number of nitrogen functional groups attached to an aromatic ring is 1. The molecule has 8 heteroatoms. The summed E-state index contributed by atoms with van der Waals surface area (Å²) in [7, 11) is 0. The Morgan fingerprint density at radius 3 is 2.50 bits per heavy atom. The highest BCUT2D eigenvalue weighted by Gasteiger charge is 2.31. The van der Waals surface area contributed by atoms with Crippen LogP contribution < -0.4 is 11.1 Å². The molecular weight excluding hydrogens is 415 g/mol. The molecule has 32 heavy (non-hydrogen) atoms. The van der Waals surface area contributed by atoms with E-state index < -0.39 is 11.7 Å². The topological polar surface area (TPSA) is 66.5 Å². The Morgan fingerprint density at radius 2 is 1.91 bits per heavy atom. The van der Waals surface area contributed by atoms with Crippen molar-refractivity contribution < 1.29 is 13.2 Å². The first-order valence-electron chi connectivity index (χ1n) is 10.9. The molecule has 1 aromatic heterocycles. The molecule has 0 radical (unpaired) electrons. The van der Waals surface area contributed by atoms with E-state index in [1.165, 1.54) is 18.9 Å². The van der Waals surface area contributed by atoms with Crippen molar-refractivity contribution in [2.24, 2.45) is 10.9 Å². The summed E-state index contributed by atoms with van der Waals surface area (Å²) in [6, 6.07) is 5.45. The number of nitrogens with zero attached hydrogens (tertiary/aromatic N) is 3. The molecule has 1 saturated carbocycles. The summed E-state index contributed by atoms with van der Waals surface area (Å²) >= 11 is 0. The molecule has 0 bridgehead atoms. The zero-order chi connectivity index (χ0) is 22.9. The van der Waals surface area contributed by atoms with E-state index in [2.05, 4.69) is 33.5 Å². The number of nitrogens with two attached hydrogens (primary N) is 1. The van der Waals surface area contributed by atoms with Crippen LogP contribution in [0.25, 0.3) is 5.70 Å². The van der Waals surface area contributed by atoms with Gasteiger partial charge in [-0.05, 0) is 68.0 Å². The number of benzene rings is 1. The quantitative estimate of drug-likeness (QED) is 0.426. The van der Waals surface area contributed by atoms with Crippen LogP contribution in [0.4, 0.5) is 30.4 Å². The fourth-order valence-corrected chi connectivity index (χ4v) is 4.29. The van der Waals surface area contributed by atoms with E-state index in [9.17, 15) is 13.2 Å². The second-order valence-electron chi connectivity index (χ2n) is 8.59. The van der Waals surface area contributed by atoms with E-state index in [0.717, 1.165) is 67.6 Å². The first-order valence-corrected chi connectivity index (χ1v) is 10.9. The molecule has 0 atom stereocenters. The van der Waals surface area contributed by atoms with E-state index in [4.69, 9.17) is 5.73 Å². The van der Waals surface area contributed by atoms with Gasteiger partial charge in [-0.25, -0.2) is 4.98 Å². The van der Waals surface area contributed by atoms with Crippen LogP contribution in [0.5, 0.6) is 0 Å². The van der Waals surface area contributed by atoms with Gasteiger partial charge in [0, 0.05) is 42.8 Å². The number of anilines is 2. The van der Waals surface area contributed by atoms with Crippen molar-refractivity contribution in [3.63, 3.8) is 0 Å². The van der Waals surface area contributed by atoms with Crippen molar-refractivity contribution in [3.05, 3.63) is 53.7 Å². The number of nitrogens with one attached hydrogen (secondary N) is 1. The van der Waals surface area contributed by atoms with Gasteiger partial charge >= 0.3 is 6.18 Å². The highest BCUT2D eigenvalue weighted by Crippen LogP contribution is 2.40. The van der Waals surface area contributed by atoms with Gasteiger partial charge < -0.3 is 16.0 Å². The molecule has 1 aliphatic carbocycles. The SMILES string of the molecule is C=Nc1c(C2CCN(C(=C)c3ccc(C(F)(F)F)cc3N)CC2)ccnc1NCC1CC1. The molecule has 2 aromatic rings. The highest BCUT2D eigenvalue weighted by molar-refractivity contribution is 5.73. The van der Waals surface area contributed by atoms with E-state index >= 15 is 0 Å². The summed E-state index contributed by atoms with van der Waals surface area (Å²) in [5, 5.41) is 3.41. The number of aliphatic imine (C=N–C) groups is 1. The van der Waals surface area contributed by atoms with E-state index in [-0.39, 0.29) is 5.69 Å². The second-order valence-corrected chi connectivity index (χ2v) is 8.59. The Morgan fingerprint density at radius 1 is 1.19 bits per heavy atom. The average molecular weight is 444 g/mol. The molecule has 0 unspecified atom stereocenters. The summed E-state index contributed by atoms with van der Waals surface area (Å²) in [6.07, 6.45) is 1.65. The third-order valence-corrected chi connectivity index (χ3v) is 6.37. The standard InChI is InChI=1S/C24H28F3N5/c1-15(19-6-5-18(13-21(19)28)24(25,26)27)32-11-8-17(9-12-32)20-7-10-30-23(22(20)29-2)31-14-16-3-4-16/h5-7,10,13,16-17H,1-4,8-9,11-12,14,28H2,(H,30,31). The Labute approximate surface area is 186 Å². The van der Waals surface area contributed by atoms with Gasteiger partial charge in [0.05, 0.1) is 5.56 Å². The second kappa shape index (κ2) is 8.84. The smallest absolute Gasteiger partial charge is 0.398 e. The fraction of sp³-hybridized carbons (Fsp3) is 0.417. The number of pyridine rings is 1. The first kappa shape index (κ1) is 22.2. The number of halogens is 3. The lowest BCUT2D eigenvalue weighted by atomic mass is 9.88. The lowest BCUT2D eigenvalue weighted by molar-refractivity contribution is -0.137. The van der Waals surface area contributed by atoms with Gasteiger partial charge in [-0.2, -0.15) is 13.2 Å². The number of alkyl halides is 3. The molecule has 2 aliphatic rings. The van der Waals surface area contributed by atoms with Crippen molar-refractivity contribution >= 4 is 29.6 Å². The lowest BCUT2D eigenvalue weighted by Crippen LogP contribution is -2.31. The summed E-state index contributed by atoms with van der Waals surface area (Å²) in [5.41, 5.74) is 8.41. The van der Waals surface area contributed by atoms with E-state index in [0.29, 0.717) is 17.2 Å². The van der Waals surface area contributed by atoms with Gasteiger partial charge in [-0.3, -0.25) is 4.99 Å². The van der Waals surface area contributed by atoms with Gasteiger partial charge in [0.1, 0.15) is 5.69 Å². The van der Waals surface area contributed by atoms with Crippen molar-refractivity contribution in [2.45, 2.75) is 37.8 Å². The molecular formula is C24H28F3N5. The molecule has 2 heterocycles. The zero-order valence-corrected chi connectivity index (χ0v) is 18.0. The molecule has 0 spiro atoms. The molecule has 170 valence electrons. The van der Waals surface area contributed by atoms with Crippen LogP contribution >= 0.6 is 0 Å². The first-order chi connectivity index (χ1) is 15.3. The van der Waals surface area contributed by atoms with Crippen molar-refractivity contribution in [1.29, 1.82) is 0 Å². The molecule has 4 rings (SSSR count). The maximum atomic E-state index is 12.9. The van der Waals surface area contributed by atoms with Crippen LogP contribution in [0.1, 0.15) is 48.3 Å². The summed E-state index contributed by atoms with van der Waals surface area (Å²) < 4.78 is 38.8. The van der Waals surface area contributed by atoms with Crippen LogP contribution in [0.2, 0.25) is 0 Å². The number of likely N-dealkylation sites (tertiary alicyclic amines) is 1. The monoisotopic (exact) mass is 443 g/mol. The van der Waals surface area contributed by atoms with Crippen LogP contribution in [0.15, 0.2) is 42.0 Å². The number of aromatic nitrogens is 1. The number of hydrogen-bond acceptors (Lipinski definition) is 5.